The predicted octanol–water partition coefficient (Wildman–Crippen LogP) is 2.72. The summed E-state index contributed by atoms with van der Waals surface area (Å²) in [4.78, 5) is 19.5. The van der Waals surface area contributed by atoms with Gasteiger partial charge in [-0.2, -0.15) is 5.26 Å². The Morgan fingerprint density at radius 1 is 1.10 bits per heavy atom. The minimum atomic E-state index is -0.210. The highest BCUT2D eigenvalue weighted by atomic mass is 16.2. The fraction of sp³-hybridized carbons (Fsp3) is 0.583. The summed E-state index contributed by atoms with van der Waals surface area (Å²) in [6.45, 7) is 12.3. The van der Waals surface area contributed by atoms with Crippen molar-refractivity contribution in [1.29, 1.82) is 5.26 Å². The second kappa shape index (κ2) is 8.79. The first-order valence-electron chi connectivity index (χ1n) is 10.8. The molecule has 1 aromatic carbocycles. The zero-order valence-corrected chi connectivity index (χ0v) is 18.8. The lowest BCUT2D eigenvalue weighted by Gasteiger charge is -2.54. The van der Waals surface area contributed by atoms with Crippen LogP contribution in [0.2, 0.25) is 0 Å². The molecule has 2 N–H and O–H groups in total. The fourth-order valence-corrected chi connectivity index (χ4v) is 5.10. The molecule has 6 nitrogen and oxygen atoms in total. The van der Waals surface area contributed by atoms with Crippen LogP contribution < -0.4 is 5.73 Å². The molecule has 162 valence electrons. The third-order valence-electron chi connectivity index (χ3n) is 6.35. The number of carbonyl (C=O) groups excluding carboxylic acids is 1. The van der Waals surface area contributed by atoms with Crippen molar-refractivity contribution in [2.45, 2.75) is 64.2 Å². The summed E-state index contributed by atoms with van der Waals surface area (Å²) < 4.78 is 0. The average molecular weight is 410 g/mol. The van der Waals surface area contributed by atoms with Gasteiger partial charge in [0.2, 0.25) is 0 Å². The molecule has 2 saturated heterocycles. The van der Waals surface area contributed by atoms with Crippen molar-refractivity contribution in [3.05, 3.63) is 47.7 Å². The molecule has 0 bridgehead atoms. The van der Waals surface area contributed by atoms with Crippen molar-refractivity contribution in [3.63, 3.8) is 0 Å². The van der Waals surface area contributed by atoms with Crippen LogP contribution >= 0.6 is 0 Å². The smallest absolute Gasteiger partial charge is 0.266 e. The Bertz CT molecular complexity index is 798. The molecule has 2 aliphatic rings. The molecule has 1 amide bonds. The number of carbonyl (C=O) groups is 1. The quantitative estimate of drug-likeness (QED) is 0.611. The zero-order chi connectivity index (χ0) is 21.9. The van der Waals surface area contributed by atoms with Gasteiger partial charge in [0.25, 0.3) is 5.91 Å². The standard InChI is InChI=1S/C24H35N5O/c1-23(2)14-21(26)15-24(3,4)29(23)18-20(16-25)22(30)28-12-10-27(11-13-28)17-19-8-6-5-7-9-19/h5-9,18,21H,10-15,17,26H2,1-4H3/b20-18-. The number of nitriles is 1. The second-order valence-corrected chi connectivity index (χ2v) is 9.87. The third kappa shape index (κ3) is 5.03. The van der Waals surface area contributed by atoms with Gasteiger partial charge in [-0.15, -0.1) is 0 Å². The molecule has 0 spiro atoms. The summed E-state index contributed by atoms with van der Waals surface area (Å²) in [6.07, 6.45) is 3.44. The molecular formula is C24H35N5O. The molecule has 1 aromatic rings. The summed E-state index contributed by atoms with van der Waals surface area (Å²) in [6, 6.07) is 12.7. The first-order chi connectivity index (χ1) is 14.1. The Hall–Kier alpha value is -2.36. The van der Waals surface area contributed by atoms with Crippen LogP contribution in [0.15, 0.2) is 42.1 Å². The molecule has 2 aliphatic heterocycles. The molecule has 30 heavy (non-hydrogen) atoms. The maximum absolute atomic E-state index is 13.1. The number of rotatable bonds is 4. The first kappa shape index (κ1) is 22.3. The van der Waals surface area contributed by atoms with Gasteiger partial charge in [0.15, 0.2) is 0 Å². The Balaban J connectivity index is 1.67. The minimum absolute atomic E-state index is 0.124. The largest absolute Gasteiger partial charge is 0.366 e. The van der Waals surface area contributed by atoms with E-state index in [4.69, 9.17) is 5.73 Å². The van der Waals surface area contributed by atoms with Gasteiger partial charge in [-0.25, -0.2) is 0 Å². The van der Waals surface area contributed by atoms with Crippen molar-refractivity contribution in [2.75, 3.05) is 26.2 Å². The summed E-state index contributed by atoms with van der Waals surface area (Å²) in [5, 5.41) is 9.77. The Morgan fingerprint density at radius 2 is 1.67 bits per heavy atom. The number of benzene rings is 1. The van der Waals surface area contributed by atoms with Gasteiger partial charge in [0.05, 0.1) is 0 Å². The van der Waals surface area contributed by atoms with E-state index in [2.05, 4.69) is 67.8 Å². The highest BCUT2D eigenvalue weighted by Gasteiger charge is 2.43. The number of hydrogen-bond donors (Lipinski definition) is 1. The van der Waals surface area contributed by atoms with Gasteiger partial charge in [-0.1, -0.05) is 30.3 Å². The van der Waals surface area contributed by atoms with Gasteiger partial charge >= 0.3 is 0 Å². The Morgan fingerprint density at radius 3 is 2.20 bits per heavy atom. The number of amides is 1. The monoisotopic (exact) mass is 409 g/mol. The first-order valence-corrected chi connectivity index (χ1v) is 10.8. The molecule has 2 heterocycles. The van der Waals surface area contributed by atoms with Crippen molar-refractivity contribution in [1.82, 2.24) is 14.7 Å². The van der Waals surface area contributed by atoms with E-state index >= 15 is 0 Å². The average Bonchev–Trinajstić information content (AvgIpc) is 2.67. The molecular weight excluding hydrogens is 374 g/mol. The lowest BCUT2D eigenvalue weighted by atomic mass is 9.77. The normalized spacial score (nSPS) is 22.6. The number of hydrogen-bond acceptors (Lipinski definition) is 5. The van der Waals surface area contributed by atoms with Gasteiger partial charge in [-0.3, -0.25) is 9.69 Å². The van der Waals surface area contributed by atoms with Crippen LogP contribution in [0.5, 0.6) is 0 Å². The number of piperazine rings is 1. The molecule has 0 saturated carbocycles. The van der Waals surface area contributed by atoms with Crippen LogP contribution in [-0.4, -0.2) is 63.9 Å². The van der Waals surface area contributed by atoms with Gasteiger partial charge in [0, 0.05) is 56.0 Å². The fourth-order valence-electron chi connectivity index (χ4n) is 5.10. The number of nitrogens with two attached hydrogens (primary N) is 1. The molecule has 0 atom stereocenters. The second-order valence-electron chi connectivity index (χ2n) is 9.87. The van der Waals surface area contributed by atoms with E-state index < -0.39 is 0 Å². The molecule has 0 unspecified atom stereocenters. The van der Waals surface area contributed by atoms with E-state index in [1.54, 1.807) is 6.20 Å². The van der Waals surface area contributed by atoms with E-state index in [1.165, 1.54) is 5.56 Å². The molecule has 2 fully saturated rings. The molecule has 0 aliphatic carbocycles. The van der Waals surface area contributed by atoms with Crippen LogP contribution in [0.1, 0.15) is 46.1 Å². The van der Waals surface area contributed by atoms with Crippen molar-refractivity contribution >= 4 is 5.91 Å². The third-order valence-corrected chi connectivity index (χ3v) is 6.35. The predicted molar refractivity (Wildman–Crippen MR) is 119 cm³/mol. The maximum Gasteiger partial charge on any atom is 0.266 e. The van der Waals surface area contributed by atoms with Crippen molar-refractivity contribution in [3.8, 4) is 6.07 Å². The van der Waals surface area contributed by atoms with Gasteiger partial charge < -0.3 is 15.5 Å². The van der Waals surface area contributed by atoms with E-state index in [0.29, 0.717) is 13.1 Å². The van der Waals surface area contributed by atoms with Gasteiger partial charge in [-0.05, 0) is 46.1 Å². The highest BCUT2D eigenvalue weighted by Crippen LogP contribution is 2.38. The molecule has 3 rings (SSSR count). The van der Waals surface area contributed by atoms with Gasteiger partial charge in [0.1, 0.15) is 11.6 Å². The summed E-state index contributed by atoms with van der Waals surface area (Å²) in [5.41, 5.74) is 7.33. The van der Waals surface area contributed by atoms with E-state index in [1.807, 2.05) is 11.0 Å². The summed E-state index contributed by atoms with van der Waals surface area (Å²) in [7, 11) is 0. The zero-order valence-electron chi connectivity index (χ0n) is 18.8. The lowest BCUT2D eigenvalue weighted by molar-refractivity contribution is -0.128. The SMILES string of the molecule is CC1(C)CC(N)CC(C)(C)N1/C=C(/C#N)C(=O)N1CCN(Cc2ccccc2)CC1. The van der Waals surface area contributed by atoms with Crippen LogP contribution in [0, 0.1) is 11.3 Å². The maximum atomic E-state index is 13.1. The summed E-state index contributed by atoms with van der Waals surface area (Å²) in [5.74, 6) is -0.168. The lowest BCUT2D eigenvalue weighted by Crippen LogP contribution is -2.61. The Kier molecular flexibility index (Phi) is 6.54. The highest BCUT2D eigenvalue weighted by molar-refractivity contribution is 5.97. The van der Waals surface area contributed by atoms with Crippen molar-refractivity contribution < 1.29 is 4.79 Å². The van der Waals surface area contributed by atoms with Crippen LogP contribution in [-0.2, 0) is 11.3 Å². The van der Waals surface area contributed by atoms with E-state index in [0.717, 1.165) is 32.5 Å². The molecule has 6 heteroatoms. The van der Waals surface area contributed by atoms with Crippen LogP contribution in [0.4, 0.5) is 0 Å². The topological polar surface area (TPSA) is 76.6 Å². The molecule has 0 radical (unpaired) electrons. The minimum Gasteiger partial charge on any atom is -0.366 e. The van der Waals surface area contributed by atoms with E-state index in [-0.39, 0.29) is 28.6 Å². The number of piperidine rings is 1. The van der Waals surface area contributed by atoms with Crippen LogP contribution in [0.3, 0.4) is 0 Å². The molecule has 0 aromatic heterocycles. The van der Waals surface area contributed by atoms with E-state index in [9.17, 15) is 10.1 Å². The van der Waals surface area contributed by atoms with Crippen LogP contribution in [0.25, 0.3) is 0 Å². The Labute approximate surface area is 180 Å². The number of likely N-dealkylation sites (tertiary alicyclic amines) is 1. The van der Waals surface area contributed by atoms with Crippen molar-refractivity contribution in [2.24, 2.45) is 5.73 Å². The summed E-state index contributed by atoms with van der Waals surface area (Å²) >= 11 is 0. The number of nitrogens with zero attached hydrogens (tertiary/aromatic N) is 4.